The first-order chi connectivity index (χ1) is 10.7. The molecule has 1 fully saturated rings. The summed E-state index contributed by atoms with van der Waals surface area (Å²) in [5, 5.41) is 4.03. The summed E-state index contributed by atoms with van der Waals surface area (Å²) in [5.74, 6) is 0.194. The van der Waals surface area contributed by atoms with Crippen LogP contribution < -0.4 is 0 Å². The van der Waals surface area contributed by atoms with Crippen LogP contribution in [0.4, 0.5) is 0 Å². The lowest BCUT2D eigenvalue weighted by Crippen LogP contribution is -2.48. The number of hydrogen-bond acceptors (Lipinski definition) is 5. The molecule has 22 heavy (non-hydrogen) atoms. The summed E-state index contributed by atoms with van der Waals surface area (Å²) in [6.45, 7) is 3.89. The molecule has 2 aromatic rings. The third-order valence-corrected chi connectivity index (χ3v) is 4.79. The van der Waals surface area contributed by atoms with Gasteiger partial charge in [0.25, 0.3) is 0 Å². The van der Waals surface area contributed by atoms with Crippen LogP contribution in [-0.2, 0) is 17.8 Å². The average molecular weight is 337 g/mol. The molecule has 2 heterocycles. The maximum Gasteiger partial charge on any atom is 0.227 e. The summed E-state index contributed by atoms with van der Waals surface area (Å²) >= 11 is 7.24. The Morgan fingerprint density at radius 1 is 1.18 bits per heavy atom. The van der Waals surface area contributed by atoms with Crippen LogP contribution in [0.1, 0.15) is 11.3 Å². The highest BCUT2D eigenvalue weighted by Crippen LogP contribution is 2.19. The maximum absolute atomic E-state index is 12.3. The summed E-state index contributed by atoms with van der Waals surface area (Å²) < 4.78 is 4.50. The molecule has 0 N–H and O–H groups in total. The minimum absolute atomic E-state index is 0.194. The van der Waals surface area contributed by atoms with E-state index in [4.69, 9.17) is 11.6 Å². The van der Waals surface area contributed by atoms with Gasteiger partial charge in [0.1, 0.15) is 10.0 Å². The van der Waals surface area contributed by atoms with Gasteiger partial charge < -0.3 is 4.90 Å². The van der Waals surface area contributed by atoms with Crippen molar-refractivity contribution in [3.63, 3.8) is 0 Å². The molecule has 1 aliphatic heterocycles. The van der Waals surface area contributed by atoms with Crippen molar-refractivity contribution in [2.45, 2.75) is 13.0 Å². The highest BCUT2D eigenvalue weighted by atomic mass is 35.5. The van der Waals surface area contributed by atoms with E-state index in [9.17, 15) is 4.79 Å². The van der Waals surface area contributed by atoms with Gasteiger partial charge in [-0.2, -0.15) is 0 Å². The largest absolute Gasteiger partial charge is 0.340 e. The Balaban J connectivity index is 1.49. The number of halogens is 1. The van der Waals surface area contributed by atoms with Crippen molar-refractivity contribution in [1.29, 1.82) is 0 Å². The Hall–Kier alpha value is -1.50. The zero-order valence-electron chi connectivity index (χ0n) is 12.1. The molecule has 1 saturated heterocycles. The lowest BCUT2D eigenvalue weighted by atomic mass is 10.1. The fourth-order valence-corrected chi connectivity index (χ4v) is 3.15. The van der Waals surface area contributed by atoms with E-state index in [0.29, 0.717) is 17.3 Å². The van der Waals surface area contributed by atoms with Gasteiger partial charge in [0.05, 0.1) is 6.42 Å². The Morgan fingerprint density at radius 2 is 1.91 bits per heavy atom. The van der Waals surface area contributed by atoms with E-state index >= 15 is 0 Å². The monoisotopic (exact) mass is 336 g/mol. The number of benzene rings is 1. The number of nitrogens with zero attached hydrogens (tertiary/aromatic N) is 4. The van der Waals surface area contributed by atoms with E-state index in [-0.39, 0.29) is 5.91 Å². The zero-order chi connectivity index (χ0) is 15.4. The van der Waals surface area contributed by atoms with E-state index in [1.165, 1.54) is 11.5 Å². The minimum Gasteiger partial charge on any atom is -0.340 e. The third-order valence-electron chi connectivity index (χ3n) is 3.81. The number of aromatic nitrogens is 2. The Morgan fingerprint density at radius 3 is 2.55 bits per heavy atom. The van der Waals surface area contributed by atoms with Crippen molar-refractivity contribution >= 4 is 29.0 Å². The van der Waals surface area contributed by atoms with E-state index in [1.807, 2.05) is 35.2 Å². The van der Waals surface area contributed by atoms with Crippen molar-refractivity contribution in [1.82, 2.24) is 19.4 Å². The van der Waals surface area contributed by atoms with Crippen LogP contribution in [0.3, 0.4) is 0 Å². The van der Waals surface area contributed by atoms with E-state index in [0.717, 1.165) is 37.4 Å². The summed E-state index contributed by atoms with van der Waals surface area (Å²) in [5.41, 5.74) is 1.89. The lowest BCUT2D eigenvalue weighted by molar-refractivity contribution is -0.132. The molecule has 3 rings (SSSR count). The first-order valence-corrected chi connectivity index (χ1v) is 8.38. The number of amides is 1. The standard InChI is InChI=1S/C15H17ClN4OS/c16-15-13(17-18-22-15)11-19-6-8-20(9-7-19)14(21)10-12-4-2-1-3-5-12/h1-5H,6-11H2. The van der Waals surface area contributed by atoms with Gasteiger partial charge in [0.15, 0.2) is 0 Å². The van der Waals surface area contributed by atoms with Crippen molar-refractivity contribution in [2.75, 3.05) is 26.2 Å². The smallest absolute Gasteiger partial charge is 0.227 e. The molecule has 0 bridgehead atoms. The number of hydrogen-bond donors (Lipinski definition) is 0. The fourth-order valence-electron chi connectivity index (χ4n) is 2.54. The van der Waals surface area contributed by atoms with Crippen LogP contribution in [-0.4, -0.2) is 51.5 Å². The van der Waals surface area contributed by atoms with Crippen LogP contribution >= 0.6 is 23.1 Å². The Labute approximate surface area is 138 Å². The fraction of sp³-hybridized carbons (Fsp3) is 0.400. The normalized spacial score (nSPS) is 16.0. The Kier molecular flexibility index (Phi) is 5.02. The number of carbonyl (C=O) groups is 1. The molecule has 0 aliphatic carbocycles. The number of rotatable bonds is 4. The van der Waals surface area contributed by atoms with Crippen LogP contribution in [0, 0.1) is 0 Å². The lowest BCUT2D eigenvalue weighted by Gasteiger charge is -2.34. The topological polar surface area (TPSA) is 49.3 Å². The molecule has 0 radical (unpaired) electrons. The Bertz CT molecular complexity index is 625. The minimum atomic E-state index is 0.194. The van der Waals surface area contributed by atoms with Gasteiger partial charge in [-0.1, -0.05) is 46.4 Å². The average Bonchev–Trinajstić information content (AvgIpc) is 2.94. The molecule has 0 atom stereocenters. The predicted molar refractivity (Wildman–Crippen MR) is 86.9 cm³/mol. The molecule has 116 valence electrons. The second-order valence-corrected chi connectivity index (χ2v) is 6.67. The molecule has 5 nitrogen and oxygen atoms in total. The SMILES string of the molecule is O=C(Cc1ccccc1)N1CCN(Cc2nnsc2Cl)CC1. The zero-order valence-corrected chi connectivity index (χ0v) is 13.7. The van der Waals surface area contributed by atoms with Crippen LogP contribution in [0.5, 0.6) is 0 Å². The molecule has 0 saturated carbocycles. The first-order valence-electron chi connectivity index (χ1n) is 7.23. The summed E-state index contributed by atoms with van der Waals surface area (Å²) in [6.07, 6.45) is 0.475. The van der Waals surface area contributed by atoms with Crippen molar-refractivity contribution in [2.24, 2.45) is 0 Å². The van der Waals surface area contributed by atoms with E-state index in [1.54, 1.807) is 0 Å². The number of piperazine rings is 1. The molecule has 1 aliphatic rings. The molecule has 1 amide bonds. The first kappa shape index (κ1) is 15.4. The van der Waals surface area contributed by atoms with Gasteiger partial charge in [-0.15, -0.1) is 5.10 Å². The molecular formula is C15H17ClN4OS. The van der Waals surface area contributed by atoms with Crippen molar-refractivity contribution in [3.8, 4) is 0 Å². The van der Waals surface area contributed by atoms with Gasteiger partial charge in [-0.25, -0.2) is 0 Å². The van der Waals surface area contributed by atoms with Gasteiger partial charge >= 0.3 is 0 Å². The molecule has 1 aromatic carbocycles. The van der Waals surface area contributed by atoms with Gasteiger partial charge in [0, 0.05) is 44.3 Å². The molecule has 0 unspecified atom stereocenters. The molecule has 0 spiro atoms. The van der Waals surface area contributed by atoms with Crippen LogP contribution in [0.25, 0.3) is 0 Å². The van der Waals surface area contributed by atoms with Gasteiger partial charge in [0.2, 0.25) is 5.91 Å². The van der Waals surface area contributed by atoms with Crippen LogP contribution in [0.15, 0.2) is 30.3 Å². The second kappa shape index (κ2) is 7.17. The molecule has 7 heteroatoms. The predicted octanol–water partition coefficient (Wildman–Crippen LogP) is 2.08. The van der Waals surface area contributed by atoms with Gasteiger partial charge in [-0.05, 0) is 5.56 Å². The van der Waals surface area contributed by atoms with E-state index < -0.39 is 0 Å². The highest BCUT2D eigenvalue weighted by molar-refractivity contribution is 7.10. The van der Waals surface area contributed by atoms with Gasteiger partial charge in [-0.3, -0.25) is 9.69 Å². The summed E-state index contributed by atoms with van der Waals surface area (Å²) in [6, 6.07) is 9.88. The van der Waals surface area contributed by atoms with Crippen LogP contribution in [0.2, 0.25) is 4.34 Å². The third kappa shape index (κ3) is 3.82. The van der Waals surface area contributed by atoms with Crippen molar-refractivity contribution < 1.29 is 4.79 Å². The van der Waals surface area contributed by atoms with Crippen molar-refractivity contribution in [3.05, 3.63) is 45.9 Å². The quantitative estimate of drug-likeness (QED) is 0.857. The second-order valence-electron chi connectivity index (χ2n) is 5.31. The summed E-state index contributed by atoms with van der Waals surface area (Å²) in [7, 11) is 0. The van der Waals surface area contributed by atoms with E-state index in [2.05, 4.69) is 14.5 Å². The molecule has 1 aromatic heterocycles. The highest BCUT2D eigenvalue weighted by Gasteiger charge is 2.22. The maximum atomic E-state index is 12.3. The number of carbonyl (C=O) groups excluding carboxylic acids is 1. The molecular weight excluding hydrogens is 320 g/mol. The summed E-state index contributed by atoms with van der Waals surface area (Å²) in [4.78, 5) is 16.5.